The maximum atomic E-state index is 12.4. The maximum Gasteiger partial charge on any atom is 0.418 e. The summed E-state index contributed by atoms with van der Waals surface area (Å²) in [4.78, 5) is 11.5. The molecule has 4 nitrogen and oxygen atoms in total. The first kappa shape index (κ1) is 16.3. The molecule has 0 fully saturated rings. The molecule has 2 N–H and O–H groups in total. The third kappa shape index (κ3) is 5.08. The Hall–Kier alpha value is -1.76. The van der Waals surface area contributed by atoms with E-state index in [0.717, 1.165) is 12.1 Å². The van der Waals surface area contributed by atoms with Gasteiger partial charge in [0.1, 0.15) is 5.60 Å². The molecular formula is C13H16F3NO3. The largest absolute Gasteiger partial charge is 0.444 e. The van der Waals surface area contributed by atoms with E-state index in [-0.39, 0.29) is 11.3 Å². The second-order valence-corrected chi connectivity index (χ2v) is 5.20. The number of aliphatic hydroxyl groups excluding tert-OH is 1. The van der Waals surface area contributed by atoms with Gasteiger partial charge >= 0.3 is 12.3 Å². The summed E-state index contributed by atoms with van der Waals surface area (Å²) in [6, 6.07) is 4.87. The van der Waals surface area contributed by atoms with E-state index in [9.17, 15) is 18.0 Å². The molecule has 0 heterocycles. The fourth-order valence-electron chi connectivity index (χ4n) is 1.40. The van der Waals surface area contributed by atoms with Gasteiger partial charge in [0.05, 0.1) is 0 Å². The van der Waals surface area contributed by atoms with Gasteiger partial charge in [0.25, 0.3) is 0 Å². The zero-order chi connectivity index (χ0) is 15.6. The zero-order valence-electron chi connectivity index (χ0n) is 11.3. The Morgan fingerprint density at radius 2 is 1.90 bits per heavy atom. The predicted octanol–water partition coefficient (Wildman–Crippen LogP) is 3.63. The Bertz CT molecular complexity index is 480. The van der Waals surface area contributed by atoms with Crippen LogP contribution >= 0.6 is 0 Å². The first-order chi connectivity index (χ1) is 8.99. The van der Waals surface area contributed by atoms with E-state index >= 15 is 0 Å². The van der Waals surface area contributed by atoms with Crippen LogP contribution in [0.15, 0.2) is 24.3 Å². The number of hydrogen-bond acceptors (Lipinski definition) is 3. The molecule has 7 heteroatoms. The molecule has 0 saturated heterocycles. The van der Waals surface area contributed by atoms with Crippen molar-refractivity contribution in [3.05, 3.63) is 29.8 Å². The molecule has 0 aliphatic heterocycles. The Balaban J connectivity index is 2.82. The predicted molar refractivity (Wildman–Crippen MR) is 67.3 cm³/mol. The van der Waals surface area contributed by atoms with Crippen molar-refractivity contribution >= 4 is 11.8 Å². The van der Waals surface area contributed by atoms with E-state index in [1.165, 1.54) is 12.1 Å². The minimum absolute atomic E-state index is 0.111. The molecule has 1 unspecified atom stereocenters. The lowest BCUT2D eigenvalue weighted by Crippen LogP contribution is -2.27. The number of carbonyl (C=O) groups excluding carboxylic acids is 1. The Morgan fingerprint density at radius 3 is 2.40 bits per heavy atom. The van der Waals surface area contributed by atoms with E-state index in [0.29, 0.717) is 0 Å². The summed E-state index contributed by atoms with van der Waals surface area (Å²) >= 11 is 0. The average molecular weight is 291 g/mol. The summed E-state index contributed by atoms with van der Waals surface area (Å²) < 4.78 is 42.1. The summed E-state index contributed by atoms with van der Waals surface area (Å²) in [5.74, 6) is 0. The molecule has 20 heavy (non-hydrogen) atoms. The van der Waals surface area contributed by atoms with Crippen molar-refractivity contribution < 1.29 is 27.8 Å². The van der Waals surface area contributed by atoms with Crippen LogP contribution in [-0.4, -0.2) is 23.0 Å². The standard InChI is InChI=1S/C13H16F3NO3/c1-12(2,3)20-11(19)17-9-6-4-5-8(7-9)10(18)13(14,15)16/h4-7,10,18H,1-3H3,(H,17,19). The van der Waals surface area contributed by atoms with Gasteiger partial charge in [0, 0.05) is 5.69 Å². The molecule has 0 aliphatic carbocycles. The molecule has 0 spiro atoms. The molecule has 1 aromatic carbocycles. The quantitative estimate of drug-likeness (QED) is 0.874. The van der Waals surface area contributed by atoms with Gasteiger partial charge in [0.15, 0.2) is 6.10 Å². The van der Waals surface area contributed by atoms with Gasteiger partial charge in [-0.15, -0.1) is 0 Å². The van der Waals surface area contributed by atoms with Crippen molar-refractivity contribution in [3.8, 4) is 0 Å². The first-order valence-corrected chi connectivity index (χ1v) is 5.84. The molecule has 0 aliphatic rings. The lowest BCUT2D eigenvalue weighted by Gasteiger charge is -2.20. The molecule has 1 rings (SSSR count). The van der Waals surface area contributed by atoms with Gasteiger partial charge in [-0.3, -0.25) is 5.32 Å². The fraction of sp³-hybridized carbons (Fsp3) is 0.462. The lowest BCUT2D eigenvalue weighted by atomic mass is 10.1. The van der Waals surface area contributed by atoms with Gasteiger partial charge < -0.3 is 9.84 Å². The highest BCUT2D eigenvalue weighted by Gasteiger charge is 2.39. The van der Waals surface area contributed by atoms with E-state index in [1.54, 1.807) is 20.8 Å². The number of amides is 1. The average Bonchev–Trinajstić information content (AvgIpc) is 2.24. The fourth-order valence-corrected chi connectivity index (χ4v) is 1.40. The van der Waals surface area contributed by atoms with E-state index in [4.69, 9.17) is 9.84 Å². The van der Waals surface area contributed by atoms with Crippen LogP contribution in [0.25, 0.3) is 0 Å². The van der Waals surface area contributed by atoms with Gasteiger partial charge in [0.2, 0.25) is 0 Å². The minimum atomic E-state index is -4.76. The summed E-state index contributed by atoms with van der Waals surface area (Å²) in [5, 5.41) is 11.4. The van der Waals surface area contributed by atoms with Crippen LogP contribution in [0, 0.1) is 0 Å². The van der Waals surface area contributed by atoms with Crippen LogP contribution in [-0.2, 0) is 4.74 Å². The van der Waals surface area contributed by atoms with Crippen molar-refractivity contribution in [1.82, 2.24) is 0 Å². The summed E-state index contributed by atoms with van der Waals surface area (Å²) in [7, 11) is 0. The number of benzene rings is 1. The summed E-state index contributed by atoms with van der Waals surface area (Å²) in [6.45, 7) is 4.99. The van der Waals surface area contributed by atoms with E-state index < -0.39 is 24.0 Å². The van der Waals surface area contributed by atoms with Gasteiger partial charge in [-0.05, 0) is 38.5 Å². The third-order valence-electron chi connectivity index (χ3n) is 2.16. The van der Waals surface area contributed by atoms with E-state index in [2.05, 4.69) is 5.32 Å². The van der Waals surface area contributed by atoms with Gasteiger partial charge in [-0.25, -0.2) is 4.79 Å². The second-order valence-electron chi connectivity index (χ2n) is 5.20. The zero-order valence-corrected chi connectivity index (χ0v) is 11.3. The monoisotopic (exact) mass is 291 g/mol. The number of hydrogen-bond donors (Lipinski definition) is 2. The van der Waals surface area contributed by atoms with E-state index in [1.807, 2.05) is 0 Å². The number of rotatable bonds is 2. The minimum Gasteiger partial charge on any atom is -0.444 e. The van der Waals surface area contributed by atoms with Crippen LogP contribution in [0.1, 0.15) is 32.4 Å². The summed E-state index contributed by atoms with van der Waals surface area (Å²) in [6.07, 6.45) is -8.14. The number of carbonyl (C=O) groups is 1. The number of anilines is 1. The first-order valence-electron chi connectivity index (χ1n) is 5.84. The van der Waals surface area contributed by atoms with Crippen LogP contribution < -0.4 is 5.32 Å². The highest BCUT2D eigenvalue weighted by molar-refractivity contribution is 5.84. The van der Waals surface area contributed by atoms with Crippen molar-refractivity contribution in [2.45, 2.75) is 38.7 Å². The lowest BCUT2D eigenvalue weighted by molar-refractivity contribution is -0.206. The van der Waals surface area contributed by atoms with Crippen molar-refractivity contribution in [2.75, 3.05) is 5.32 Å². The number of alkyl halides is 3. The van der Waals surface area contributed by atoms with Crippen molar-refractivity contribution in [1.29, 1.82) is 0 Å². The second kappa shape index (κ2) is 5.70. The molecule has 1 aromatic rings. The smallest absolute Gasteiger partial charge is 0.418 e. The van der Waals surface area contributed by atoms with Crippen LogP contribution in [0.2, 0.25) is 0 Å². The number of aliphatic hydroxyl groups is 1. The molecular weight excluding hydrogens is 275 g/mol. The highest BCUT2D eigenvalue weighted by atomic mass is 19.4. The Morgan fingerprint density at radius 1 is 1.30 bits per heavy atom. The molecule has 1 amide bonds. The van der Waals surface area contributed by atoms with Crippen LogP contribution in [0.3, 0.4) is 0 Å². The molecule has 0 radical (unpaired) electrons. The topological polar surface area (TPSA) is 58.6 Å². The molecule has 0 saturated carbocycles. The Labute approximate surface area is 114 Å². The highest BCUT2D eigenvalue weighted by Crippen LogP contribution is 2.33. The summed E-state index contributed by atoms with van der Waals surface area (Å²) in [5.41, 5.74) is -0.959. The third-order valence-corrected chi connectivity index (χ3v) is 2.16. The normalized spacial score (nSPS) is 13.8. The van der Waals surface area contributed by atoms with Gasteiger partial charge in [-0.1, -0.05) is 12.1 Å². The SMILES string of the molecule is CC(C)(C)OC(=O)Nc1cccc(C(O)C(F)(F)F)c1. The molecule has 0 bridgehead atoms. The Kier molecular flexibility index (Phi) is 4.65. The number of halogens is 3. The molecule has 1 atom stereocenters. The maximum absolute atomic E-state index is 12.4. The molecule has 0 aromatic heterocycles. The van der Waals surface area contributed by atoms with Crippen molar-refractivity contribution in [3.63, 3.8) is 0 Å². The van der Waals surface area contributed by atoms with Crippen LogP contribution in [0.5, 0.6) is 0 Å². The van der Waals surface area contributed by atoms with Crippen molar-refractivity contribution in [2.24, 2.45) is 0 Å². The molecule has 112 valence electrons. The van der Waals surface area contributed by atoms with Crippen LogP contribution in [0.4, 0.5) is 23.7 Å². The number of nitrogens with one attached hydrogen (secondary N) is 1. The van der Waals surface area contributed by atoms with Gasteiger partial charge in [-0.2, -0.15) is 13.2 Å². The number of ether oxygens (including phenoxy) is 1.